The molecule has 1 aromatic heterocycles. The number of carbonyl (C=O) groups excluding carboxylic acids is 1. The number of sulfonamides is 1. The van der Waals surface area contributed by atoms with Crippen LogP contribution in [0.15, 0.2) is 82.8 Å². The number of primary amides is 1. The van der Waals surface area contributed by atoms with Crippen molar-refractivity contribution in [3.63, 3.8) is 0 Å². The fourth-order valence-electron chi connectivity index (χ4n) is 2.61. The molecule has 0 unspecified atom stereocenters. The van der Waals surface area contributed by atoms with Crippen LogP contribution in [0.1, 0.15) is 27.2 Å². The zero-order valence-corrected chi connectivity index (χ0v) is 15.9. The van der Waals surface area contributed by atoms with Crippen molar-refractivity contribution in [1.29, 1.82) is 0 Å². The Morgan fingerprint density at radius 1 is 0.964 bits per heavy atom. The smallest absolute Gasteiger partial charge is 0.248 e. The summed E-state index contributed by atoms with van der Waals surface area (Å²) in [6, 6.07) is 19.2. The number of hydrogen-bond acceptors (Lipinski definition) is 4. The number of nitrogens with zero attached hydrogens (tertiary/aromatic N) is 1. The van der Waals surface area contributed by atoms with Gasteiger partial charge in [0.1, 0.15) is 5.76 Å². The van der Waals surface area contributed by atoms with Crippen LogP contribution in [0, 0.1) is 0 Å². The van der Waals surface area contributed by atoms with Crippen LogP contribution in [0.4, 0.5) is 0 Å². The van der Waals surface area contributed by atoms with Crippen LogP contribution in [-0.2, 0) is 23.1 Å². The highest BCUT2D eigenvalue weighted by Gasteiger charge is 2.21. The first-order chi connectivity index (χ1) is 13.4. The maximum atomic E-state index is 12.9. The summed E-state index contributed by atoms with van der Waals surface area (Å²) in [5.41, 5.74) is 7.14. The normalized spacial score (nSPS) is 11.9. The molecular weight excluding hydrogens is 376 g/mol. The Morgan fingerprint density at radius 2 is 1.68 bits per heavy atom. The summed E-state index contributed by atoms with van der Waals surface area (Å²) in [4.78, 5) is 11.2. The number of furan rings is 1. The van der Waals surface area contributed by atoms with Crippen LogP contribution in [0.2, 0.25) is 0 Å². The molecule has 0 aliphatic rings. The second kappa shape index (κ2) is 8.69. The lowest BCUT2D eigenvalue weighted by Gasteiger charge is -2.19. The maximum Gasteiger partial charge on any atom is 0.248 e. The highest BCUT2D eigenvalue weighted by molar-refractivity contribution is 7.92. The van der Waals surface area contributed by atoms with Gasteiger partial charge in [0.15, 0.2) is 0 Å². The molecule has 0 atom stereocenters. The molecule has 1 heterocycles. The van der Waals surface area contributed by atoms with Crippen molar-refractivity contribution in [3.8, 4) is 0 Å². The topological polar surface area (TPSA) is 93.6 Å². The van der Waals surface area contributed by atoms with E-state index >= 15 is 0 Å². The van der Waals surface area contributed by atoms with E-state index in [0.29, 0.717) is 11.3 Å². The number of rotatable bonds is 8. The Morgan fingerprint density at radius 3 is 2.29 bits per heavy atom. The Balaban J connectivity index is 1.85. The number of benzene rings is 2. The highest BCUT2D eigenvalue weighted by Crippen LogP contribution is 2.17. The Hall–Kier alpha value is -3.16. The summed E-state index contributed by atoms with van der Waals surface area (Å²) in [7, 11) is -3.72. The molecule has 7 heteroatoms. The van der Waals surface area contributed by atoms with Crippen molar-refractivity contribution < 1.29 is 17.6 Å². The molecule has 0 radical (unpaired) electrons. The van der Waals surface area contributed by atoms with Gasteiger partial charge in [-0.15, -0.1) is 0 Å². The third-order valence-electron chi connectivity index (χ3n) is 4.10. The second-order valence-corrected chi connectivity index (χ2v) is 7.99. The van der Waals surface area contributed by atoms with Crippen molar-refractivity contribution >= 4 is 22.0 Å². The molecule has 0 spiro atoms. The van der Waals surface area contributed by atoms with Crippen molar-refractivity contribution in [2.75, 3.05) is 0 Å². The lowest BCUT2D eigenvalue weighted by molar-refractivity contribution is 0.1000. The maximum absolute atomic E-state index is 12.9. The van der Waals surface area contributed by atoms with Gasteiger partial charge in [0, 0.05) is 17.5 Å². The number of hydrogen-bond donors (Lipinski definition) is 1. The summed E-state index contributed by atoms with van der Waals surface area (Å²) in [5.74, 6) is 0.00264. The third-order valence-corrected chi connectivity index (χ3v) is 5.56. The van der Waals surface area contributed by atoms with Gasteiger partial charge in [0.25, 0.3) is 0 Å². The molecule has 3 aromatic rings. The fraction of sp³-hybridized carbons (Fsp3) is 0.0952. The zero-order chi connectivity index (χ0) is 20.0. The third kappa shape index (κ3) is 5.18. The van der Waals surface area contributed by atoms with Gasteiger partial charge < -0.3 is 10.2 Å². The number of nitrogens with two attached hydrogens (primary N) is 1. The molecule has 0 bridgehead atoms. The summed E-state index contributed by atoms with van der Waals surface area (Å²) in [5, 5.41) is 1.18. The van der Waals surface area contributed by atoms with E-state index in [4.69, 9.17) is 10.2 Å². The second-order valence-electron chi connectivity index (χ2n) is 6.17. The minimum absolute atomic E-state index is 0.0893. The van der Waals surface area contributed by atoms with Gasteiger partial charge in [-0.05, 0) is 41.5 Å². The van der Waals surface area contributed by atoms with Crippen molar-refractivity contribution in [2.45, 2.75) is 13.1 Å². The van der Waals surface area contributed by atoms with E-state index in [1.54, 1.807) is 42.5 Å². The molecule has 1 amide bonds. The van der Waals surface area contributed by atoms with E-state index in [1.165, 1.54) is 16.0 Å². The fourth-order valence-corrected chi connectivity index (χ4v) is 3.74. The van der Waals surface area contributed by atoms with E-state index in [0.717, 1.165) is 11.1 Å². The SMILES string of the molecule is NC(=O)c1ccc(CN(Cc2ccco2)S(=O)(=O)C=Cc2ccccc2)cc1. The van der Waals surface area contributed by atoms with Crippen LogP contribution in [0.3, 0.4) is 0 Å². The lowest BCUT2D eigenvalue weighted by atomic mass is 10.1. The molecule has 3 rings (SSSR count). The average molecular weight is 396 g/mol. The van der Waals surface area contributed by atoms with Gasteiger partial charge in [0.05, 0.1) is 12.8 Å². The molecule has 0 aliphatic carbocycles. The van der Waals surface area contributed by atoms with Crippen LogP contribution in [0.25, 0.3) is 6.08 Å². The van der Waals surface area contributed by atoms with Crippen molar-refractivity contribution in [1.82, 2.24) is 4.31 Å². The van der Waals surface area contributed by atoms with Gasteiger partial charge in [-0.25, -0.2) is 8.42 Å². The van der Waals surface area contributed by atoms with E-state index in [9.17, 15) is 13.2 Å². The predicted molar refractivity (Wildman–Crippen MR) is 107 cm³/mol. The van der Waals surface area contributed by atoms with E-state index in [1.807, 2.05) is 30.3 Å². The molecule has 0 saturated carbocycles. The minimum Gasteiger partial charge on any atom is -0.468 e. The Kier molecular flexibility index (Phi) is 6.08. The summed E-state index contributed by atoms with van der Waals surface area (Å²) in [6.45, 7) is 0.216. The molecule has 0 saturated heterocycles. The first kappa shape index (κ1) is 19.6. The van der Waals surface area contributed by atoms with Crippen LogP contribution >= 0.6 is 0 Å². The summed E-state index contributed by atoms with van der Waals surface area (Å²) >= 11 is 0. The Bertz CT molecular complexity index is 1040. The predicted octanol–water partition coefficient (Wildman–Crippen LogP) is 3.38. The molecule has 0 aliphatic heterocycles. The lowest BCUT2D eigenvalue weighted by Crippen LogP contribution is -2.28. The standard InChI is InChI=1S/C21H20N2O4S/c22-21(24)19-10-8-18(9-11-19)15-23(16-20-7-4-13-27-20)28(25,26)14-12-17-5-2-1-3-6-17/h1-14H,15-16H2,(H2,22,24). The zero-order valence-electron chi connectivity index (χ0n) is 15.1. The summed E-state index contributed by atoms with van der Waals surface area (Å²) in [6.07, 6.45) is 3.06. The number of carbonyl (C=O) groups is 1. The van der Waals surface area contributed by atoms with Gasteiger partial charge >= 0.3 is 0 Å². The molecule has 2 aromatic carbocycles. The van der Waals surface area contributed by atoms with Crippen LogP contribution < -0.4 is 5.73 Å². The van der Waals surface area contributed by atoms with E-state index in [2.05, 4.69) is 0 Å². The first-order valence-corrected chi connectivity index (χ1v) is 10.1. The molecule has 0 fully saturated rings. The molecule has 2 N–H and O–H groups in total. The van der Waals surface area contributed by atoms with Gasteiger partial charge in [0.2, 0.25) is 15.9 Å². The first-order valence-electron chi connectivity index (χ1n) is 8.58. The van der Waals surface area contributed by atoms with Gasteiger partial charge in [-0.2, -0.15) is 4.31 Å². The molecule has 28 heavy (non-hydrogen) atoms. The van der Waals surface area contributed by atoms with Crippen molar-refractivity contribution in [2.24, 2.45) is 5.73 Å². The Labute approximate surface area is 163 Å². The average Bonchev–Trinajstić information content (AvgIpc) is 3.20. The largest absolute Gasteiger partial charge is 0.468 e. The minimum atomic E-state index is -3.72. The highest BCUT2D eigenvalue weighted by atomic mass is 32.2. The van der Waals surface area contributed by atoms with Gasteiger partial charge in [-0.1, -0.05) is 42.5 Å². The molecule has 6 nitrogen and oxygen atoms in total. The molecular formula is C21H20N2O4S. The molecule has 144 valence electrons. The van der Waals surface area contributed by atoms with E-state index < -0.39 is 15.9 Å². The summed E-state index contributed by atoms with van der Waals surface area (Å²) < 4.78 is 32.5. The monoisotopic (exact) mass is 396 g/mol. The van der Waals surface area contributed by atoms with Crippen molar-refractivity contribution in [3.05, 3.63) is 101 Å². The quantitative estimate of drug-likeness (QED) is 0.632. The van der Waals surface area contributed by atoms with Crippen LogP contribution in [-0.4, -0.2) is 18.6 Å². The van der Waals surface area contributed by atoms with E-state index in [-0.39, 0.29) is 13.1 Å². The van der Waals surface area contributed by atoms with Crippen LogP contribution in [0.5, 0.6) is 0 Å². The number of amides is 1. The van der Waals surface area contributed by atoms with Gasteiger partial charge in [-0.3, -0.25) is 4.79 Å².